The Morgan fingerprint density at radius 1 is 0.722 bits per heavy atom. The predicted octanol–water partition coefficient (Wildman–Crippen LogP) is 6.14. The molecule has 174 valence electrons. The highest BCUT2D eigenvalue weighted by Gasteiger charge is 2.76. The highest BCUT2D eigenvalue weighted by Crippen LogP contribution is 2.68. The minimum absolute atomic E-state index is 0.141. The van der Waals surface area contributed by atoms with Crippen molar-refractivity contribution in [3.63, 3.8) is 0 Å². The molecule has 7 rings (SSSR count). The van der Waals surface area contributed by atoms with Crippen LogP contribution in [0.15, 0.2) is 103 Å². The smallest absolute Gasteiger partial charge is 0.336 e. The number of aryl methyl sites for hydroxylation is 2. The van der Waals surface area contributed by atoms with Gasteiger partial charge in [0, 0.05) is 23.1 Å². The summed E-state index contributed by atoms with van der Waals surface area (Å²) < 4.78 is 6.42. The van der Waals surface area contributed by atoms with Crippen LogP contribution < -0.4 is 0 Å². The predicted molar refractivity (Wildman–Crippen MR) is 139 cm³/mol. The third-order valence-electron chi connectivity index (χ3n) is 8.25. The average molecular weight is 469 g/mol. The first-order chi connectivity index (χ1) is 17.5. The van der Waals surface area contributed by atoms with E-state index in [9.17, 15) is 9.59 Å². The van der Waals surface area contributed by atoms with Gasteiger partial charge in [0.2, 0.25) is 11.4 Å². The van der Waals surface area contributed by atoms with Gasteiger partial charge in [-0.3, -0.25) is 4.79 Å². The lowest BCUT2D eigenvalue weighted by Crippen LogP contribution is -2.51. The van der Waals surface area contributed by atoms with Crippen LogP contribution in [0.5, 0.6) is 0 Å². The highest BCUT2D eigenvalue weighted by molar-refractivity contribution is 6.26. The monoisotopic (exact) mass is 468 g/mol. The molecule has 2 aliphatic carbocycles. The van der Waals surface area contributed by atoms with Crippen LogP contribution in [-0.4, -0.2) is 17.4 Å². The lowest BCUT2D eigenvalue weighted by atomic mass is 9.65. The number of esters is 1. The summed E-state index contributed by atoms with van der Waals surface area (Å²) in [5.41, 5.74) is 6.64. The molecule has 0 radical (unpaired) electrons. The molecule has 0 saturated carbocycles. The van der Waals surface area contributed by atoms with Gasteiger partial charge in [0.05, 0.1) is 5.41 Å². The minimum Gasteiger partial charge on any atom is -0.441 e. The Hall–Kier alpha value is -4.24. The van der Waals surface area contributed by atoms with Crippen LogP contribution in [0.3, 0.4) is 0 Å². The first-order valence-corrected chi connectivity index (χ1v) is 12.3. The second kappa shape index (κ2) is 7.14. The maximum absolute atomic E-state index is 14.5. The summed E-state index contributed by atoms with van der Waals surface area (Å²) in [6.07, 6.45) is 0.423. The molecule has 1 heterocycles. The van der Waals surface area contributed by atoms with Crippen molar-refractivity contribution in [3.8, 4) is 0 Å². The number of hydrogen-bond acceptors (Lipinski definition) is 3. The molecule has 0 N–H and O–H groups in total. The van der Waals surface area contributed by atoms with E-state index in [1.165, 1.54) is 0 Å². The van der Waals surface area contributed by atoms with Crippen LogP contribution in [0.1, 0.15) is 49.3 Å². The number of ether oxygens (including phenoxy) is 1. The fourth-order valence-electron chi connectivity index (χ4n) is 6.81. The third kappa shape index (κ3) is 2.33. The largest absolute Gasteiger partial charge is 0.441 e. The van der Waals surface area contributed by atoms with E-state index in [0.29, 0.717) is 17.6 Å². The Kier molecular flexibility index (Phi) is 4.18. The number of Topliss-reactive ketones (excluding diaryl/α,β-unsaturated/α-hetero) is 1. The molecule has 0 saturated heterocycles. The molecule has 1 spiro atoms. The Labute approximate surface area is 210 Å². The van der Waals surface area contributed by atoms with Gasteiger partial charge in [-0.25, -0.2) is 4.79 Å². The summed E-state index contributed by atoms with van der Waals surface area (Å²) >= 11 is 0. The lowest BCUT2D eigenvalue weighted by molar-refractivity contribution is -0.145. The van der Waals surface area contributed by atoms with Crippen molar-refractivity contribution in [2.75, 3.05) is 0 Å². The van der Waals surface area contributed by atoms with E-state index in [-0.39, 0.29) is 5.78 Å². The van der Waals surface area contributed by atoms with Crippen molar-refractivity contribution in [2.24, 2.45) is 0 Å². The number of fused-ring (bicyclic) bond motifs is 5. The number of rotatable bonds is 3. The quantitative estimate of drug-likeness (QED) is 0.339. The van der Waals surface area contributed by atoms with Crippen molar-refractivity contribution >= 4 is 17.3 Å². The maximum Gasteiger partial charge on any atom is 0.336 e. The molecule has 4 aromatic rings. The maximum atomic E-state index is 14.5. The van der Waals surface area contributed by atoms with Crippen LogP contribution in [0, 0.1) is 13.8 Å². The minimum atomic E-state index is -1.45. The summed E-state index contributed by atoms with van der Waals surface area (Å²) in [5, 5.41) is 0. The molecule has 4 aromatic carbocycles. The first kappa shape index (κ1) is 21.1. The molecule has 0 unspecified atom stereocenters. The number of hydrogen-bond donors (Lipinski definition) is 0. The normalized spacial score (nSPS) is 23.3. The molecule has 3 aliphatic rings. The molecule has 3 nitrogen and oxygen atoms in total. The third-order valence-corrected chi connectivity index (χ3v) is 8.25. The number of ketones is 1. The van der Waals surface area contributed by atoms with E-state index in [1.54, 1.807) is 0 Å². The van der Waals surface area contributed by atoms with Gasteiger partial charge in [-0.15, -0.1) is 0 Å². The lowest BCUT2D eigenvalue weighted by Gasteiger charge is -2.38. The van der Waals surface area contributed by atoms with Crippen LogP contribution >= 0.6 is 0 Å². The Morgan fingerprint density at radius 2 is 1.36 bits per heavy atom. The SMILES string of the molecule is Cc1ccc(C)c(CC2=C3c4ccccc4[C@@]4(c5ccccc5)c5ccccc5C(=O)[C@@]34OC2=O)c1. The summed E-state index contributed by atoms with van der Waals surface area (Å²) in [6.45, 7) is 4.11. The van der Waals surface area contributed by atoms with Gasteiger partial charge in [-0.2, -0.15) is 0 Å². The number of carbonyl (C=O) groups excluding carboxylic acids is 2. The zero-order valence-electron chi connectivity index (χ0n) is 20.2. The standard InChI is InChI=1S/C33H24O3/c1-20-16-17-21(2)22(18-20)19-26-29-24-12-6-8-14-27(24)32(23-10-4-3-5-11-23)28-15-9-7-13-25(28)30(34)33(29,32)36-31(26)35/h3-18H,19H2,1-2H3/t32-,33-/m0/s1. The molecule has 0 fully saturated rings. The van der Waals surface area contributed by atoms with Gasteiger partial charge in [0.25, 0.3) is 0 Å². The Balaban J connectivity index is 1.62. The Bertz CT molecular complexity index is 1640. The highest BCUT2D eigenvalue weighted by atomic mass is 16.6. The summed E-state index contributed by atoms with van der Waals surface area (Å²) in [4.78, 5) is 28.3. The number of carbonyl (C=O) groups is 2. The molecule has 3 heteroatoms. The Morgan fingerprint density at radius 3 is 2.11 bits per heavy atom. The van der Waals surface area contributed by atoms with Crippen LogP contribution in [-0.2, 0) is 21.4 Å². The molecule has 0 bridgehead atoms. The van der Waals surface area contributed by atoms with Gasteiger partial charge >= 0.3 is 5.97 Å². The van der Waals surface area contributed by atoms with E-state index in [4.69, 9.17) is 4.74 Å². The van der Waals surface area contributed by atoms with Gasteiger partial charge in [-0.1, -0.05) is 103 Å². The van der Waals surface area contributed by atoms with E-state index in [2.05, 4.69) is 38.1 Å². The van der Waals surface area contributed by atoms with Gasteiger partial charge < -0.3 is 4.74 Å². The van der Waals surface area contributed by atoms with Crippen molar-refractivity contribution in [2.45, 2.75) is 31.3 Å². The van der Waals surface area contributed by atoms with Crippen molar-refractivity contribution in [3.05, 3.63) is 147 Å². The van der Waals surface area contributed by atoms with E-state index >= 15 is 0 Å². The molecule has 2 atom stereocenters. The topological polar surface area (TPSA) is 43.4 Å². The van der Waals surface area contributed by atoms with E-state index in [1.807, 2.05) is 72.8 Å². The van der Waals surface area contributed by atoms with Crippen molar-refractivity contribution in [1.29, 1.82) is 0 Å². The van der Waals surface area contributed by atoms with E-state index < -0.39 is 17.0 Å². The van der Waals surface area contributed by atoms with Crippen LogP contribution in [0.4, 0.5) is 0 Å². The molecule has 36 heavy (non-hydrogen) atoms. The zero-order valence-corrected chi connectivity index (χ0v) is 20.2. The molecule has 1 aliphatic heterocycles. The fourth-order valence-corrected chi connectivity index (χ4v) is 6.81. The number of benzene rings is 4. The second-order valence-corrected chi connectivity index (χ2v) is 10.1. The van der Waals surface area contributed by atoms with Gasteiger partial charge in [0.15, 0.2) is 0 Å². The van der Waals surface area contributed by atoms with Crippen LogP contribution in [0.2, 0.25) is 0 Å². The van der Waals surface area contributed by atoms with Gasteiger partial charge in [0.1, 0.15) is 0 Å². The molecule has 0 aromatic heterocycles. The fraction of sp³-hybridized carbons (Fsp3) is 0.152. The molecular formula is C33H24O3. The van der Waals surface area contributed by atoms with Crippen molar-refractivity contribution < 1.29 is 14.3 Å². The summed E-state index contributed by atoms with van der Waals surface area (Å²) in [7, 11) is 0. The second-order valence-electron chi connectivity index (χ2n) is 10.1. The molecular weight excluding hydrogens is 444 g/mol. The van der Waals surface area contributed by atoms with Crippen LogP contribution in [0.25, 0.3) is 5.57 Å². The average Bonchev–Trinajstić information content (AvgIpc) is 3.41. The summed E-state index contributed by atoms with van der Waals surface area (Å²) in [5.74, 6) is -0.542. The van der Waals surface area contributed by atoms with Gasteiger partial charge in [-0.05, 0) is 47.2 Å². The summed E-state index contributed by atoms with van der Waals surface area (Å²) in [6, 6.07) is 32.2. The van der Waals surface area contributed by atoms with E-state index in [0.717, 1.165) is 44.5 Å². The zero-order chi connectivity index (χ0) is 24.7. The first-order valence-electron chi connectivity index (χ1n) is 12.3. The van der Waals surface area contributed by atoms with Crippen molar-refractivity contribution in [1.82, 2.24) is 0 Å². The molecule has 0 amide bonds.